The van der Waals surface area contributed by atoms with E-state index in [1.165, 1.54) is 11.8 Å². The second kappa shape index (κ2) is 5.50. The van der Waals surface area contributed by atoms with Gasteiger partial charge in [0.15, 0.2) is 17.3 Å². The lowest BCUT2D eigenvalue weighted by atomic mass is 10.1. The van der Waals surface area contributed by atoms with Crippen LogP contribution < -0.4 is 19.5 Å². The van der Waals surface area contributed by atoms with Crippen molar-refractivity contribution >= 4 is 27.4 Å². The van der Waals surface area contributed by atoms with Crippen LogP contribution in [0.3, 0.4) is 0 Å². The van der Waals surface area contributed by atoms with E-state index in [1.807, 2.05) is 0 Å². The van der Waals surface area contributed by atoms with Crippen molar-refractivity contribution < 1.29 is 27.5 Å². The summed E-state index contributed by atoms with van der Waals surface area (Å²) >= 11 is 0. The van der Waals surface area contributed by atoms with Crippen LogP contribution >= 0.6 is 0 Å². The number of sulfonamides is 1. The lowest BCUT2D eigenvalue weighted by Crippen LogP contribution is -2.28. The topological polar surface area (TPSA) is 116 Å². The number of carbonyl (C=O) groups is 2. The van der Waals surface area contributed by atoms with Crippen molar-refractivity contribution in [2.45, 2.75) is 13.3 Å². The van der Waals surface area contributed by atoms with Gasteiger partial charge in [-0.15, -0.1) is 0 Å². The molecule has 0 aromatic heterocycles. The van der Waals surface area contributed by atoms with Crippen LogP contribution in [0, 0.1) is 5.92 Å². The van der Waals surface area contributed by atoms with Gasteiger partial charge in [0, 0.05) is 30.5 Å². The van der Waals surface area contributed by atoms with Crippen molar-refractivity contribution in [1.82, 2.24) is 0 Å². The van der Waals surface area contributed by atoms with E-state index in [9.17, 15) is 18.0 Å². The Morgan fingerprint density at radius 3 is 2.61 bits per heavy atom. The largest absolute Gasteiger partial charge is 0.454 e. The van der Waals surface area contributed by atoms with Crippen LogP contribution in [0.15, 0.2) is 12.1 Å². The molecular weight excluding hydrogens is 324 g/mol. The minimum absolute atomic E-state index is 0.0537. The standard InChI is InChI=1S/C14H16N2O6S/c1-8(17)10-3-12-13(22-7-21-12)4-11(10)16-5-9(2-14(16)18)6-23(15,19)20/h3-4,9H,2,5-7H2,1H3,(H2,15,19,20). The summed E-state index contributed by atoms with van der Waals surface area (Å²) in [5.74, 6) is -0.238. The number of hydrogen-bond donors (Lipinski definition) is 1. The molecule has 2 aliphatic rings. The zero-order valence-corrected chi connectivity index (χ0v) is 13.3. The lowest BCUT2D eigenvalue weighted by Gasteiger charge is -2.20. The number of nitrogens with two attached hydrogens (primary N) is 1. The van der Waals surface area contributed by atoms with Crippen molar-refractivity contribution in [2.24, 2.45) is 11.1 Å². The number of ketones is 1. The molecule has 1 atom stereocenters. The van der Waals surface area contributed by atoms with Gasteiger partial charge in [-0.05, 0) is 13.0 Å². The van der Waals surface area contributed by atoms with E-state index >= 15 is 0 Å². The number of ether oxygens (including phenoxy) is 2. The van der Waals surface area contributed by atoms with Crippen LogP contribution in [0.2, 0.25) is 0 Å². The molecule has 0 saturated carbocycles. The monoisotopic (exact) mass is 340 g/mol. The van der Waals surface area contributed by atoms with Gasteiger partial charge >= 0.3 is 0 Å². The zero-order chi connectivity index (χ0) is 16.8. The Bertz CT molecular complexity index is 789. The van der Waals surface area contributed by atoms with Crippen LogP contribution in [0.1, 0.15) is 23.7 Å². The number of benzene rings is 1. The molecule has 1 unspecified atom stereocenters. The third kappa shape index (κ3) is 3.15. The van der Waals surface area contributed by atoms with Gasteiger partial charge in [-0.3, -0.25) is 9.59 Å². The molecule has 3 rings (SSSR count). The fourth-order valence-electron chi connectivity index (χ4n) is 2.89. The van der Waals surface area contributed by atoms with E-state index in [2.05, 4.69) is 0 Å². The third-order valence-electron chi connectivity index (χ3n) is 3.83. The fourth-order valence-corrected chi connectivity index (χ4v) is 3.77. The lowest BCUT2D eigenvalue weighted by molar-refractivity contribution is -0.117. The smallest absolute Gasteiger partial charge is 0.231 e. The number of anilines is 1. The van der Waals surface area contributed by atoms with Gasteiger partial charge in [0.1, 0.15) is 0 Å². The highest BCUT2D eigenvalue weighted by Gasteiger charge is 2.35. The summed E-state index contributed by atoms with van der Waals surface area (Å²) in [4.78, 5) is 25.6. The van der Waals surface area contributed by atoms with Crippen LogP contribution in [-0.2, 0) is 14.8 Å². The molecule has 2 aliphatic heterocycles. The summed E-state index contributed by atoms with van der Waals surface area (Å²) in [7, 11) is -3.66. The average molecular weight is 340 g/mol. The summed E-state index contributed by atoms with van der Waals surface area (Å²) < 4.78 is 33.0. The second-order valence-corrected chi connectivity index (χ2v) is 7.34. The molecule has 0 radical (unpaired) electrons. The molecule has 1 amide bonds. The molecule has 8 nitrogen and oxygen atoms in total. The maximum absolute atomic E-state index is 12.3. The predicted octanol–water partition coefficient (Wildman–Crippen LogP) is 0.259. The van der Waals surface area contributed by atoms with Gasteiger partial charge in [0.2, 0.25) is 22.7 Å². The quantitative estimate of drug-likeness (QED) is 0.786. The molecule has 1 saturated heterocycles. The number of nitrogens with zero attached hydrogens (tertiary/aromatic N) is 1. The van der Waals surface area contributed by atoms with Gasteiger partial charge < -0.3 is 14.4 Å². The Morgan fingerprint density at radius 1 is 1.35 bits per heavy atom. The highest BCUT2D eigenvalue weighted by molar-refractivity contribution is 7.89. The highest BCUT2D eigenvalue weighted by Crippen LogP contribution is 2.40. The Labute approximate surface area is 133 Å². The number of amides is 1. The van der Waals surface area contributed by atoms with Crippen LogP contribution in [0.4, 0.5) is 5.69 Å². The maximum atomic E-state index is 12.3. The van der Waals surface area contributed by atoms with Crippen molar-refractivity contribution in [3.8, 4) is 11.5 Å². The van der Waals surface area contributed by atoms with Gasteiger partial charge in [0.05, 0.1) is 11.4 Å². The summed E-state index contributed by atoms with van der Waals surface area (Å²) in [5, 5.41) is 5.05. The Balaban J connectivity index is 1.95. The SMILES string of the molecule is CC(=O)c1cc2c(cc1N1CC(CS(N)(=O)=O)CC1=O)OCO2. The van der Waals surface area contributed by atoms with Gasteiger partial charge in [-0.2, -0.15) is 0 Å². The minimum Gasteiger partial charge on any atom is -0.454 e. The summed E-state index contributed by atoms with van der Waals surface area (Å²) in [5.41, 5.74) is 0.738. The highest BCUT2D eigenvalue weighted by atomic mass is 32.2. The maximum Gasteiger partial charge on any atom is 0.231 e. The van der Waals surface area contributed by atoms with Crippen LogP contribution in [0.5, 0.6) is 11.5 Å². The summed E-state index contributed by atoms with van der Waals surface area (Å²) in [6.07, 6.45) is 0.0716. The number of carbonyl (C=O) groups excluding carboxylic acids is 2. The Morgan fingerprint density at radius 2 is 2.00 bits per heavy atom. The molecule has 1 aromatic carbocycles. The van der Waals surface area contributed by atoms with Crippen molar-refractivity contribution in [1.29, 1.82) is 0 Å². The molecule has 9 heteroatoms. The third-order valence-corrected chi connectivity index (χ3v) is 4.77. The first-order valence-electron chi connectivity index (χ1n) is 7.00. The van der Waals surface area contributed by atoms with Gasteiger partial charge in [-0.25, -0.2) is 13.6 Å². The van der Waals surface area contributed by atoms with Crippen molar-refractivity contribution in [3.05, 3.63) is 17.7 Å². The number of rotatable bonds is 4. The van der Waals surface area contributed by atoms with E-state index < -0.39 is 15.9 Å². The van der Waals surface area contributed by atoms with Crippen LogP contribution in [0.25, 0.3) is 0 Å². The molecule has 23 heavy (non-hydrogen) atoms. The number of hydrogen-bond acceptors (Lipinski definition) is 6. The van der Waals surface area contributed by atoms with Crippen molar-refractivity contribution in [3.63, 3.8) is 0 Å². The Hall–Kier alpha value is -2.13. The first-order chi connectivity index (χ1) is 10.7. The van der Waals surface area contributed by atoms with Gasteiger partial charge in [0.25, 0.3) is 0 Å². The number of primary sulfonamides is 1. The first kappa shape index (κ1) is 15.8. The summed E-state index contributed by atoms with van der Waals surface area (Å²) in [6.45, 7) is 1.64. The average Bonchev–Trinajstić information content (AvgIpc) is 3.01. The molecule has 1 aromatic rings. The normalized spacial score (nSPS) is 20.2. The van der Waals surface area contributed by atoms with E-state index in [0.29, 0.717) is 22.7 Å². The van der Waals surface area contributed by atoms with Crippen molar-refractivity contribution in [2.75, 3.05) is 24.0 Å². The molecule has 0 aliphatic carbocycles. The minimum atomic E-state index is -3.66. The number of Topliss-reactive ketones (excluding diaryl/α,β-unsaturated/α-hetero) is 1. The first-order valence-corrected chi connectivity index (χ1v) is 8.71. The molecular formula is C14H16N2O6S. The van der Waals surface area contributed by atoms with E-state index in [0.717, 1.165) is 0 Å². The second-order valence-electron chi connectivity index (χ2n) is 5.68. The fraction of sp³-hybridized carbons (Fsp3) is 0.429. The van der Waals surface area contributed by atoms with E-state index in [-0.39, 0.29) is 37.2 Å². The van der Waals surface area contributed by atoms with Crippen LogP contribution in [-0.4, -0.2) is 39.2 Å². The molecule has 2 heterocycles. The predicted molar refractivity (Wildman–Crippen MR) is 81.0 cm³/mol. The summed E-state index contributed by atoms with van der Waals surface area (Å²) in [6, 6.07) is 3.12. The molecule has 0 spiro atoms. The van der Waals surface area contributed by atoms with Gasteiger partial charge in [-0.1, -0.05) is 0 Å². The number of fused-ring (bicyclic) bond motifs is 1. The van der Waals surface area contributed by atoms with E-state index in [1.54, 1.807) is 12.1 Å². The molecule has 124 valence electrons. The molecule has 1 fully saturated rings. The molecule has 0 bridgehead atoms. The molecule has 2 N–H and O–H groups in total. The van der Waals surface area contributed by atoms with E-state index in [4.69, 9.17) is 14.6 Å². The zero-order valence-electron chi connectivity index (χ0n) is 12.4. The Kier molecular flexibility index (Phi) is 3.77.